The van der Waals surface area contributed by atoms with Crippen LogP contribution in [0.1, 0.15) is 15.9 Å². The first-order valence-corrected chi connectivity index (χ1v) is 5.64. The smallest absolute Gasteiger partial charge is 0.254 e. The number of anilines is 1. The van der Waals surface area contributed by atoms with Crippen LogP contribution in [0.15, 0.2) is 42.5 Å². The summed E-state index contributed by atoms with van der Waals surface area (Å²) in [6, 6.07) is 9.86. The standard InChI is InChI=1S/C14H12F2N2O/c15-12-4-2-1-3-9(12)8-18-14(19)11-6-5-10(17)7-13(11)16/h1-7H,8,17H2,(H,18,19). The zero-order valence-corrected chi connectivity index (χ0v) is 9.99. The average molecular weight is 262 g/mol. The van der Waals surface area contributed by atoms with E-state index in [2.05, 4.69) is 5.32 Å². The van der Waals surface area contributed by atoms with Crippen LogP contribution in [0.5, 0.6) is 0 Å². The molecular formula is C14H12F2N2O. The lowest BCUT2D eigenvalue weighted by atomic mass is 10.1. The molecule has 98 valence electrons. The van der Waals surface area contributed by atoms with Gasteiger partial charge in [0, 0.05) is 17.8 Å². The molecule has 3 N–H and O–H groups in total. The molecule has 2 aromatic rings. The molecule has 0 aliphatic rings. The maximum absolute atomic E-state index is 13.5. The quantitative estimate of drug-likeness (QED) is 0.835. The summed E-state index contributed by atoms with van der Waals surface area (Å²) in [5, 5.41) is 2.46. The van der Waals surface area contributed by atoms with Crippen LogP contribution in [-0.2, 0) is 6.54 Å². The van der Waals surface area contributed by atoms with Crippen molar-refractivity contribution in [1.29, 1.82) is 0 Å². The molecule has 0 heterocycles. The van der Waals surface area contributed by atoms with E-state index in [1.807, 2.05) is 0 Å². The Balaban J connectivity index is 2.08. The molecule has 5 heteroatoms. The van der Waals surface area contributed by atoms with E-state index in [1.165, 1.54) is 18.2 Å². The van der Waals surface area contributed by atoms with E-state index < -0.39 is 17.5 Å². The highest BCUT2D eigenvalue weighted by Crippen LogP contribution is 2.12. The predicted molar refractivity (Wildman–Crippen MR) is 68.4 cm³/mol. The second kappa shape index (κ2) is 5.48. The van der Waals surface area contributed by atoms with Gasteiger partial charge in [0.05, 0.1) is 5.56 Å². The number of nitrogens with one attached hydrogen (secondary N) is 1. The van der Waals surface area contributed by atoms with E-state index in [-0.39, 0.29) is 17.8 Å². The van der Waals surface area contributed by atoms with Gasteiger partial charge in [-0.25, -0.2) is 8.78 Å². The number of nitrogens with two attached hydrogens (primary N) is 1. The third-order valence-corrected chi connectivity index (χ3v) is 2.64. The topological polar surface area (TPSA) is 55.1 Å². The minimum absolute atomic E-state index is 0.00464. The Morgan fingerprint density at radius 3 is 2.53 bits per heavy atom. The van der Waals surface area contributed by atoms with Gasteiger partial charge in [-0.15, -0.1) is 0 Å². The third kappa shape index (κ3) is 3.07. The first-order valence-electron chi connectivity index (χ1n) is 5.64. The van der Waals surface area contributed by atoms with E-state index in [0.29, 0.717) is 5.56 Å². The van der Waals surface area contributed by atoms with Gasteiger partial charge in [0.1, 0.15) is 11.6 Å². The molecule has 0 saturated heterocycles. The van der Waals surface area contributed by atoms with Gasteiger partial charge in [0.2, 0.25) is 0 Å². The van der Waals surface area contributed by atoms with E-state index in [1.54, 1.807) is 18.2 Å². The van der Waals surface area contributed by atoms with Crippen molar-refractivity contribution in [2.75, 3.05) is 5.73 Å². The number of hydrogen-bond donors (Lipinski definition) is 2. The summed E-state index contributed by atoms with van der Waals surface area (Å²) >= 11 is 0. The monoisotopic (exact) mass is 262 g/mol. The minimum atomic E-state index is -0.703. The van der Waals surface area contributed by atoms with Gasteiger partial charge in [-0.1, -0.05) is 18.2 Å². The first-order chi connectivity index (χ1) is 9.08. The minimum Gasteiger partial charge on any atom is -0.399 e. The molecule has 0 aliphatic carbocycles. The molecule has 0 aliphatic heterocycles. The van der Waals surface area contributed by atoms with E-state index in [0.717, 1.165) is 6.07 Å². The number of rotatable bonds is 3. The Morgan fingerprint density at radius 2 is 1.84 bits per heavy atom. The van der Waals surface area contributed by atoms with Crippen LogP contribution in [0.2, 0.25) is 0 Å². The number of hydrogen-bond acceptors (Lipinski definition) is 2. The van der Waals surface area contributed by atoms with Crippen molar-refractivity contribution in [2.45, 2.75) is 6.54 Å². The molecular weight excluding hydrogens is 250 g/mol. The highest BCUT2D eigenvalue weighted by molar-refractivity contribution is 5.94. The van der Waals surface area contributed by atoms with Crippen LogP contribution in [0.4, 0.5) is 14.5 Å². The molecule has 0 fully saturated rings. The fourth-order valence-corrected chi connectivity index (χ4v) is 1.63. The van der Waals surface area contributed by atoms with Crippen LogP contribution in [0.25, 0.3) is 0 Å². The summed E-state index contributed by atoms with van der Waals surface area (Å²) in [7, 11) is 0. The molecule has 2 aromatic carbocycles. The summed E-state index contributed by atoms with van der Waals surface area (Å²) in [4.78, 5) is 11.7. The second-order valence-corrected chi connectivity index (χ2v) is 4.01. The molecule has 0 atom stereocenters. The number of amides is 1. The Kier molecular flexibility index (Phi) is 3.75. The zero-order chi connectivity index (χ0) is 13.8. The van der Waals surface area contributed by atoms with Crippen molar-refractivity contribution in [3.63, 3.8) is 0 Å². The van der Waals surface area contributed by atoms with Crippen molar-refractivity contribution < 1.29 is 13.6 Å². The first kappa shape index (κ1) is 13.0. The van der Waals surface area contributed by atoms with E-state index in [4.69, 9.17) is 5.73 Å². The van der Waals surface area contributed by atoms with Crippen molar-refractivity contribution in [1.82, 2.24) is 5.32 Å². The molecule has 19 heavy (non-hydrogen) atoms. The molecule has 2 rings (SSSR count). The molecule has 1 amide bonds. The number of halogens is 2. The number of carbonyl (C=O) groups is 1. The van der Waals surface area contributed by atoms with Crippen LogP contribution in [-0.4, -0.2) is 5.91 Å². The predicted octanol–water partition coefficient (Wildman–Crippen LogP) is 2.48. The lowest BCUT2D eigenvalue weighted by Gasteiger charge is -2.07. The lowest BCUT2D eigenvalue weighted by Crippen LogP contribution is -2.24. The van der Waals surface area contributed by atoms with E-state index >= 15 is 0 Å². The zero-order valence-electron chi connectivity index (χ0n) is 9.99. The van der Waals surface area contributed by atoms with Gasteiger partial charge in [0.15, 0.2) is 0 Å². The van der Waals surface area contributed by atoms with Crippen LogP contribution in [0.3, 0.4) is 0 Å². The summed E-state index contributed by atoms with van der Waals surface area (Å²) < 4.78 is 26.8. The van der Waals surface area contributed by atoms with Crippen molar-refractivity contribution in [3.05, 3.63) is 65.2 Å². The summed E-state index contributed by atoms with van der Waals surface area (Å²) in [6.07, 6.45) is 0. The van der Waals surface area contributed by atoms with E-state index in [9.17, 15) is 13.6 Å². The SMILES string of the molecule is Nc1ccc(C(=O)NCc2ccccc2F)c(F)c1. The maximum atomic E-state index is 13.5. The number of carbonyl (C=O) groups excluding carboxylic acids is 1. The molecule has 0 spiro atoms. The number of benzene rings is 2. The summed E-state index contributed by atoms with van der Waals surface area (Å²) in [5.41, 5.74) is 5.85. The maximum Gasteiger partial charge on any atom is 0.254 e. The van der Waals surface area contributed by atoms with Gasteiger partial charge in [0.25, 0.3) is 5.91 Å². The fraction of sp³-hybridized carbons (Fsp3) is 0.0714. The largest absolute Gasteiger partial charge is 0.399 e. The molecule has 0 unspecified atom stereocenters. The molecule has 0 bridgehead atoms. The highest BCUT2D eigenvalue weighted by atomic mass is 19.1. The Bertz CT molecular complexity index is 614. The highest BCUT2D eigenvalue weighted by Gasteiger charge is 2.12. The second-order valence-electron chi connectivity index (χ2n) is 4.01. The van der Waals surface area contributed by atoms with Gasteiger partial charge in [-0.2, -0.15) is 0 Å². The molecule has 3 nitrogen and oxygen atoms in total. The Labute approximate surface area is 109 Å². The Morgan fingerprint density at radius 1 is 1.11 bits per heavy atom. The third-order valence-electron chi connectivity index (χ3n) is 2.64. The normalized spacial score (nSPS) is 10.2. The van der Waals surface area contributed by atoms with Gasteiger partial charge in [-0.3, -0.25) is 4.79 Å². The molecule has 0 saturated carbocycles. The van der Waals surface area contributed by atoms with Crippen molar-refractivity contribution in [3.8, 4) is 0 Å². The van der Waals surface area contributed by atoms with Gasteiger partial charge in [-0.05, 0) is 24.3 Å². The van der Waals surface area contributed by atoms with Crippen LogP contribution < -0.4 is 11.1 Å². The van der Waals surface area contributed by atoms with Gasteiger partial charge >= 0.3 is 0 Å². The lowest BCUT2D eigenvalue weighted by molar-refractivity contribution is 0.0946. The summed E-state index contributed by atoms with van der Waals surface area (Å²) in [5.74, 6) is -1.73. The fourth-order valence-electron chi connectivity index (χ4n) is 1.63. The van der Waals surface area contributed by atoms with Crippen LogP contribution in [0, 0.1) is 11.6 Å². The van der Waals surface area contributed by atoms with Crippen LogP contribution >= 0.6 is 0 Å². The summed E-state index contributed by atoms with van der Waals surface area (Å²) in [6.45, 7) is -0.00464. The van der Waals surface area contributed by atoms with Crippen molar-refractivity contribution in [2.24, 2.45) is 0 Å². The molecule has 0 aromatic heterocycles. The Hall–Kier alpha value is -2.43. The average Bonchev–Trinajstić information content (AvgIpc) is 2.37. The molecule has 0 radical (unpaired) electrons. The van der Waals surface area contributed by atoms with Crippen molar-refractivity contribution >= 4 is 11.6 Å². The van der Waals surface area contributed by atoms with Gasteiger partial charge < -0.3 is 11.1 Å². The number of nitrogen functional groups attached to an aromatic ring is 1.